The normalized spacial score (nSPS) is 14.1. The molecule has 0 fully saturated rings. The molecule has 0 spiro atoms. The molecule has 1 unspecified atom stereocenters. The molecule has 0 aromatic carbocycles. The maximum absolute atomic E-state index is 5.07. The smallest absolute Gasteiger partial charge is 0.0766 e. The van der Waals surface area contributed by atoms with Crippen molar-refractivity contribution in [2.24, 2.45) is 5.41 Å². The fourth-order valence-corrected chi connectivity index (χ4v) is 3.03. The zero-order chi connectivity index (χ0) is 15.9. The monoisotopic (exact) mass is 357 g/mol. The number of halogens is 1. The molecule has 0 aliphatic carbocycles. The average molecular weight is 358 g/mol. The van der Waals surface area contributed by atoms with Crippen molar-refractivity contribution in [2.75, 3.05) is 26.8 Å². The van der Waals surface area contributed by atoms with E-state index in [1.807, 2.05) is 6.08 Å². The first-order valence-electron chi connectivity index (χ1n) is 7.58. The number of ether oxygens (including phenoxy) is 1. The maximum Gasteiger partial charge on any atom is 0.0766 e. The largest absolute Gasteiger partial charge is 0.383 e. The first-order chi connectivity index (χ1) is 10.0. The van der Waals surface area contributed by atoms with E-state index in [0.717, 1.165) is 49.2 Å². The molecule has 1 atom stereocenters. The van der Waals surface area contributed by atoms with Crippen molar-refractivity contribution in [1.82, 2.24) is 15.1 Å². The van der Waals surface area contributed by atoms with Gasteiger partial charge in [-0.15, -0.1) is 6.58 Å². The lowest BCUT2D eigenvalue weighted by Gasteiger charge is -2.26. The van der Waals surface area contributed by atoms with Crippen LogP contribution in [0, 0.1) is 5.41 Å². The predicted molar refractivity (Wildman–Crippen MR) is 91.7 cm³/mol. The van der Waals surface area contributed by atoms with Gasteiger partial charge in [0.15, 0.2) is 0 Å². The van der Waals surface area contributed by atoms with Crippen molar-refractivity contribution in [3.8, 4) is 0 Å². The lowest BCUT2D eigenvalue weighted by atomic mass is 9.85. The van der Waals surface area contributed by atoms with Gasteiger partial charge in [0.05, 0.1) is 22.5 Å². The molecule has 0 saturated carbocycles. The number of rotatable bonds is 10. The number of aromatic nitrogens is 2. The van der Waals surface area contributed by atoms with Crippen molar-refractivity contribution >= 4 is 15.9 Å². The van der Waals surface area contributed by atoms with E-state index < -0.39 is 0 Å². The van der Waals surface area contributed by atoms with E-state index in [1.165, 1.54) is 5.69 Å². The molecule has 1 heterocycles. The SMILES string of the molecule is C=CC(C)(CNCCOC)Cc1c(Br)c(CC)nn1CC. The number of aryl methyl sites for hydroxylation is 2. The number of hydrogen-bond donors (Lipinski definition) is 1. The Balaban J connectivity index is 2.84. The second-order valence-corrected chi connectivity index (χ2v) is 6.37. The highest BCUT2D eigenvalue weighted by Crippen LogP contribution is 2.30. The van der Waals surface area contributed by atoms with Crippen LogP contribution in [0.4, 0.5) is 0 Å². The quantitative estimate of drug-likeness (QED) is 0.516. The fraction of sp³-hybridized carbons (Fsp3) is 0.688. The Bertz CT molecular complexity index is 459. The molecular formula is C16H28BrN3O. The van der Waals surface area contributed by atoms with E-state index in [0.29, 0.717) is 0 Å². The van der Waals surface area contributed by atoms with Crippen LogP contribution in [0.2, 0.25) is 0 Å². The van der Waals surface area contributed by atoms with Gasteiger partial charge in [-0.05, 0) is 29.3 Å². The third kappa shape index (κ3) is 4.94. The molecule has 0 aliphatic heterocycles. The van der Waals surface area contributed by atoms with Gasteiger partial charge in [-0.2, -0.15) is 5.10 Å². The summed E-state index contributed by atoms with van der Waals surface area (Å²) < 4.78 is 8.32. The van der Waals surface area contributed by atoms with Crippen LogP contribution < -0.4 is 5.32 Å². The first kappa shape index (κ1) is 18.4. The van der Waals surface area contributed by atoms with Gasteiger partial charge < -0.3 is 10.1 Å². The zero-order valence-electron chi connectivity index (χ0n) is 13.7. The Morgan fingerprint density at radius 3 is 2.71 bits per heavy atom. The van der Waals surface area contributed by atoms with Crippen LogP contribution in [0.3, 0.4) is 0 Å². The van der Waals surface area contributed by atoms with Crippen LogP contribution >= 0.6 is 15.9 Å². The molecule has 120 valence electrons. The Morgan fingerprint density at radius 1 is 1.48 bits per heavy atom. The second kappa shape index (κ2) is 8.71. The summed E-state index contributed by atoms with van der Waals surface area (Å²) in [5.74, 6) is 0. The van der Waals surface area contributed by atoms with Crippen molar-refractivity contribution in [3.63, 3.8) is 0 Å². The predicted octanol–water partition coefficient (Wildman–Crippen LogP) is 3.20. The van der Waals surface area contributed by atoms with Crippen LogP contribution in [-0.2, 0) is 24.1 Å². The molecule has 1 N–H and O–H groups in total. The minimum atomic E-state index is -0.00573. The standard InChI is InChI=1S/C16H28BrN3O/c1-6-13-15(17)14(20(8-3)19-13)11-16(4,7-2)12-18-9-10-21-5/h7,18H,2,6,8-12H2,1,3-5H3. The first-order valence-corrected chi connectivity index (χ1v) is 8.37. The van der Waals surface area contributed by atoms with Crippen LogP contribution in [0.1, 0.15) is 32.2 Å². The molecule has 1 aromatic rings. The number of hydrogen-bond acceptors (Lipinski definition) is 3. The molecule has 0 saturated heterocycles. The van der Waals surface area contributed by atoms with E-state index in [1.54, 1.807) is 7.11 Å². The summed E-state index contributed by atoms with van der Waals surface area (Å²) in [4.78, 5) is 0. The Kier molecular flexibility index (Phi) is 7.63. The van der Waals surface area contributed by atoms with Crippen LogP contribution in [-0.4, -0.2) is 36.6 Å². The number of methoxy groups -OCH3 is 1. The maximum atomic E-state index is 5.07. The summed E-state index contributed by atoms with van der Waals surface area (Å²) in [6.07, 6.45) is 3.90. The summed E-state index contributed by atoms with van der Waals surface area (Å²) in [5, 5.41) is 8.10. The Hall–Kier alpha value is -0.650. The molecule has 0 aliphatic rings. The van der Waals surface area contributed by atoms with Crippen molar-refractivity contribution in [3.05, 3.63) is 28.5 Å². The average Bonchev–Trinajstić information content (AvgIpc) is 2.79. The number of nitrogens with one attached hydrogen (secondary N) is 1. The van der Waals surface area contributed by atoms with Gasteiger partial charge in [0.1, 0.15) is 0 Å². The van der Waals surface area contributed by atoms with Crippen molar-refractivity contribution in [1.29, 1.82) is 0 Å². The van der Waals surface area contributed by atoms with E-state index in [9.17, 15) is 0 Å². The molecule has 0 bridgehead atoms. The lowest BCUT2D eigenvalue weighted by molar-refractivity contribution is 0.195. The highest BCUT2D eigenvalue weighted by atomic mass is 79.9. The lowest BCUT2D eigenvalue weighted by Crippen LogP contribution is -2.34. The van der Waals surface area contributed by atoms with Gasteiger partial charge in [-0.3, -0.25) is 4.68 Å². The minimum absolute atomic E-state index is 0.00573. The van der Waals surface area contributed by atoms with Gasteiger partial charge in [-0.25, -0.2) is 0 Å². The van der Waals surface area contributed by atoms with E-state index in [4.69, 9.17) is 4.74 Å². The Labute approximate surface area is 137 Å². The van der Waals surface area contributed by atoms with Crippen LogP contribution in [0.5, 0.6) is 0 Å². The summed E-state index contributed by atoms with van der Waals surface area (Å²) >= 11 is 3.72. The zero-order valence-corrected chi connectivity index (χ0v) is 15.3. The molecule has 1 rings (SSSR count). The summed E-state index contributed by atoms with van der Waals surface area (Å²) in [6, 6.07) is 0. The Morgan fingerprint density at radius 2 is 2.19 bits per heavy atom. The van der Waals surface area contributed by atoms with Gasteiger partial charge in [0, 0.05) is 38.6 Å². The summed E-state index contributed by atoms with van der Waals surface area (Å²) in [5.41, 5.74) is 2.38. The molecule has 0 radical (unpaired) electrons. The van der Waals surface area contributed by atoms with Crippen LogP contribution in [0.25, 0.3) is 0 Å². The molecule has 21 heavy (non-hydrogen) atoms. The molecule has 5 heteroatoms. The van der Waals surface area contributed by atoms with E-state index >= 15 is 0 Å². The fourth-order valence-electron chi connectivity index (χ4n) is 2.32. The molecule has 0 amide bonds. The topological polar surface area (TPSA) is 39.1 Å². The third-order valence-corrected chi connectivity index (χ3v) is 4.69. The molecule has 1 aromatic heterocycles. The van der Waals surface area contributed by atoms with Gasteiger partial charge in [0.2, 0.25) is 0 Å². The van der Waals surface area contributed by atoms with Gasteiger partial charge in [-0.1, -0.05) is 19.9 Å². The second-order valence-electron chi connectivity index (χ2n) is 5.58. The van der Waals surface area contributed by atoms with Crippen LogP contribution in [0.15, 0.2) is 17.1 Å². The molecular weight excluding hydrogens is 330 g/mol. The highest BCUT2D eigenvalue weighted by Gasteiger charge is 2.25. The minimum Gasteiger partial charge on any atom is -0.383 e. The number of nitrogens with zero attached hydrogens (tertiary/aromatic N) is 2. The summed E-state index contributed by atoms with van der Waals surface area (Å²) in [6.45, 7) is 13.9. The molecule has 4 nitrogen and oxygen atoms in total. The van der Waals surface area contributed by atoms with E-state index in [2.05, 4.69) is 58.4 Å². The summed E-state index contributed by atoms with van der Waals surface area (Å²) in [7, 11) is 1.72. The van der Waals surface area contributed by atoms with Crippen molar-refractivity contribution < 1.29 is 4.74 Å². The highest BCUT2D eigenvalue weighted by molar-refractivity contribution is 9.10. The van der Waals surface area contributed by atoms with Crippen molar-refractivity contribution in [2.45, 2.75) is 40.2 Å². The van der Waals surface area contributed by atoms with E-state index in [-0.39, 0.29) is 5.41 Å². The van der Waals surface area contributed by atoms with Gasteiger partial charge >= 0.3 is 0 Å². The third-order valence-electron chi connectivity index (χ3n) is 3.77. The van der Waals surface area contributed by atoms with Gasteiger partial charge in [0.25, 0.3) is 0 Å².